The first-order valence-corrected chi connectivity index (χ1v) is 6.64. The number of likely N-dealkylation sites (tertiary alicyclic amines) is 1. The molecule has 2 unspecified atom stereocenters. The molecule has 0 bridgehead atoms. The third-order valence-corrected chi connectivity index (χ3v) is 4.38. The van der Waals surface area contributed by atoms with Crippen molar-refractivity contribution in [2.45, 2.75) is 26.2 Å². The average molecular weight is 246 g/mol. The van der Waals surface area contributed by atoms with Crippen LogP contribution in [-0.4, -0.2) is 28.9 Å². The van der Waals surface area contributed by atoms with Gasteiger partial charge >= 0.3 is 0 Å². The minimum absolute atomic E-state index is 0.0677. The smallest absolute Gasteiger partial charge is 0.255 e. The lowest BCUT2D eigenvalue weighted by Gasteiger charge is -2.18. The SMILES string of the molecule is Cc1cc(=O)[nH]cc1C(=O)N1CC2CCCC2C1. The van der Waals surface area contributed by atoms with Crippen LogP contribution in [0.5, 0.6) is 0 Å². The third-order valence-electron chi connectivity index (χ3n) is 4.38. The van der Waals surface area contributed by atoms with Gasteiger partial charge in [0.1, 0.15) is 0 Å². The van der Waals surface area contributed by atoms with Crippen LogP contribution in [0.4, 0.5) is 0 Å². The summed E-state index contributed by atoms with van der Waals surface area (Å²) in [5, 5.41) is 0. The van der Waals surface area contributed by atoms with E-state index in [0.29, 0.717) is 17.4 Å². The van der Waals surface area contributed by atoms with Gasteiger partial charge < -0.3 is 9.88 Å². The van der Waals surface area contributed by atoms with Gasteiger partial charge in [0.2, 0.25) is 5.56 Å². The minimum atomic E-state index is -0.151. The van der Waals surface area contributed by atoms with Crippen molar-refractivity contribution in [1.29, 1.82) is 0 Å². The summed E-state index contributed by atoms with van der Waals surface area (Å²) < 4.78 is 0. The quantitative estimate of drug-likeness (QED) is 0.817. The topological polar surface area (TPSA) is 53.2 Å². The molecule has 0 spiro atoms. The molecule has 2 fully saturated rings. The van der Waals surface area contributed by atoms with Crippen molar-refractivity contribution in [3.8, 4) is 0 Å². The Balaban J connectivity index is 1.81. The van der Waals surface area contributed by atoms with E-state index in [1.165, 1.54) is 25.3 Å². The molecule has 1 aliphatic carbocycles. The molecule has 1 amide bonds. The second-order valence-electron chi connectivity index (χ2n) is 5.56. The summed E-state index contributed by atoms with van der Waals surface area (Å²) in [6, 6.07) is 1.49. The van der Waals surface area contributed by atoms with Crippen molar-refractivity contribution in [2.75, 3.05) is 13.1 Å². The predicted octanol–water partition coefficient (Wildman–Crippen LogP) is 1.56. The Morgan fingerprint density at radius 1 is 1.33 bits per heavy atom. The van der Waals surface area contributed by atoms with Crippen LogP contribution in [-0.2, 0) is 0 Å². The first kappa shape index (κ1) is 11.5. The van der Waals surface area contributed by atoms with E-state index < -0.39 is 0 Å². The monoisotopic (exact) mass is 246 g/mol. The molecule has 1 aromatic heterocycles. The fraction of sp³-hybridized carbons (Fsp3) is 0.571. The van der Waals surface area contributed by atoms with Crippen molar-refractivity contribution in [3.63, 3.8) is 0 Å². The highest BCUT2D eigenvalue weighted by Gasteiger charge is 2.38. The summed E-state index contributed by atoms with van der Waals surface area (Å²) in [4.78, 5) is 28.1. The highest BCUT2D eigenvalue weighted by Crippen LogP contribution is 2.38. The van der Waals surface area contributed by atoms with Crippen molar-refractivity contribution < 1.29 is 4.79 Å². The minimum Gasteiger partial charge on any atom is -0.338 e. The largest absolute Gasteiger partial charge is 0.338 e. The standard InChI is InChI=1S/C14H18N2O2/c1-9-5-13(17)15-6-12(9)14(18)16-7-10-3-2-4-11(10)8-16/h5-6,10-11H,2-4,7-8H2,1H3,(H,15,17). The Labute approximate surface area is 106 Å². The molecule has 2 atom stereocenters. The van der Waals surface area contributed by atoms with E-state index in [1.54, 1.807) is 6.20 Å². The number of carbonyl (C=O) groups is 1. The van der Waals surface area contributed by atoms with Crippen molar-refractivity contribution in [2.24, 2.45) is 11.8 Å². The number of aromatic amines is 1. The van der Waals surface area contributed by atoms with E-state index >= 15 is 0 Å². The number of aromatic nitrogens is 1. The Kier molecular flexibility index (Phi) is 2.73. The molecule has 1 saturated heterocycles. The lowest BCUT2D eigenvalue weighted by Crippen LogP contribution is -2.30. The molecular formula is C14H18N2O2. The number of hydrogen-bond acceptors (Lipinski definition) is 2. The van der Waals surface area contributed by atoms with Crippen molar-refractivity contribution in [3.05, 3.63) is 33.7 Å². The van der Waals surface area contributed by atoms with Gasteiger partial charge in [-0.05, 0) is 37.2 Å². The van der Waals surface area contributed by atoms with Crippen LogP contribution < -0.4 is 5.56 Å². The number of H-pyrrole nitrogens is 1. The fourth-order valence-corrected chi connectivity index (χ4v) is 3.37. The van der Waals surface area contributed by atoms with Crippen LogP contribution in [0.2, 0.25) is 0 Å². The van der Waals surface area contributed by atoms with E-state index in [4.69, 9.17) is 0 Å². The number of aryl methyl sites for hydroxylation is 1. The molecule has 18 heavy (non-hydrogen) atoms. The maximum atomic E-state index is 12.4. The summed E-state index contributed by atoms with van der Waals surface area (Å²) in [6.45, 7) is 3.60. The molecule has 0 aromatic carbocycles. The molecule has 0 radical (unpaired) electrons. The highest BCUT2D eigenvalue weighted by molar-refractivity contribution is 5.95. The molecule has 4 heteroatoms. The summed E-state index contributed by atoms with van der Waals surface area (Å²) in [5.74, 6) is 1.48. The Hall–Kier alpha value is -1.58. The molecule has 2 heterocycles. The zero-order valence-corrected chi connectivity index (χ0v) is 10.6. The zero-order chi connectivity index (χ0) is 12.7. The van der Waals surface area contributed by atoms with Crippen LogP contribution in [0.1, 0.15) is 35.2 Å². The summed E-state index contributed by atoms with van der Waals surface area (Å²) in [5.41, 5.74) is 1.25. The Morgan fingerprint density at radius 3 is 2.61 bits per heavy atom. The van der Waals surface area contributed by atoms with Crippen LogP contribution in [0.3, 0.4) is 0 Å². The van der Waals surface area contributed by atoms with Gasteiger partial charge in [-0.3, -0.25) is 9.59 Å². The van der Waals surface area contributed by atoms with Gasteiger partial charge in [-0.15, -0.1) is 0 Å². The van der Waals surface area contributed by atoms with Gasteiger partial charge in [0, 0.05) is 25.4 Å². The number of fused-ring (bicyclic) bond motifs is 1. The fourth-order valence-electron chi connectivity index (χ4n) is 3.37. The summed E-state index contributed by atoms with van der Waals surface area (Å²) in [7, 11) is 0. The Morgan fingerprint density at radius 2 is 2.00 bits per heavy atom. The van der Waals surface area contributed by atoms with Gasteiger partial charge in [0.25, 0.3) is 5.91 Å². The number of rotatable bonds is 1. The maximum Gasteiger partial charge on any atom is 0.255 e. The molecule has 96 valence electrons. The molecular weight excluding hydrogens is 228 g/mol. The van der Waals surface area contributed by atoms with Gasteiger partial charge in [-0.2, -0.15) is 0 Å². The van der Waals surface area contributed by atoms with E-state index in [-0.39, 0.29) is 11.5 Å². The zero-order valence-electron chi connectivity index (χ0n) is 10.6. The summed E-state index contributed by atoms with van der Waals surface area (Å²) >= 11 is 0. The molecule has 1 N–H and O–H groups in total. The maximum absolute atomic E-state index is 12.4. The van der Waals surface area contributed by atoms with E-state index in [9.17, 15) is 9.59 Å². The van der Waals surface area contributed by atoms with Gasteiger partial charge in [-0.1, -0.05) is 6.42 Å². The predicted molar refractivity (Wildman–Crippen MR) is 68.5 cm³/mol. The van der Waals surface area contributed by atoms with Crippen LogP contribution >= 0.6 is 0 Å². The molecule has 4 nitrogen and oxygen atoms in total. The van der Waals surface area contributed by atoms with E-state index in [0.717, 1.165) is 18.7 Å². The van der Waals surface area contributed by atoms with E-state index in [2.05, 4.69) is 4.98 Å². The number of nitrogens with zero attached hydrogens (tertiary/aromatic N) is 1. The van der Waals surface area contributed by atoms with Gasteiger partial charge in [0.15, 0.2) is 0 Å². The Bertz CT molecular complexity index is 523. The lowest BCUT2D eigenvalue weighted by atomic mass is 10.0. The second kappa shape index (κ2) is 4.26. The first-order valence-electron chi connectivity index (χ1n) is 6.64. The first-order chi connectivity index (χ1) is 8.65. The van der Waals surface area contributed by atoms with Gasteiger partial charge in [-0.25, -0.2) is 0 Å². The number of amides is 1. The van der Waals surface area contributed by atoms with Crippen LogP contribution in [0.25, 0.3) is 0 Å². The molecule has 1 aliphatic heterocycles. The second-order valence-corrected chi connectivity index (χ2v) is 5.56. The van der Waals surface area contributed by atoms with Crippen LogP contribution in [0, 0.1) is 18.8 Å². The summed E-state index contributed by atoms with van der Waals surface area (Å²) in [6.07, 6.45) is 5.39. The number of carbonyl (C=O) groups excluding carboxylic acids is 1. The molecule has 1 saturated carbocycles. The van der Waals surface area contributed by atoms with E-state index in [1.807, 2.05) is 11.8 Å². The number of pyridine rings is 1. The van der Waals surface area contributed by atoms with Crippen LogP contribution in [0.15, 0.2) is 17.1 Å². The number of hydrogen-bond donors (Lipinski definition) is 1. The van der Waals surface area contributed by atoms with Crippen molar-refractivity contribution >= 4 is 5.91 Å². The van der Waals surface area contributed by atoms with Gasteiger partial charge in [0.05, 0.1) is 5.56 Å². The molecule has 1 aromatic rings. The highest BCUT2D eigenvalue weighted by atomic mass is 16.2. The number of nitrogens with one attached hydrogen (secondary N) is 1. The molecule has 2 aliphatic rings. The average Bonchev–Trinajstić information content (AvgIpc) is 2.87. The molecule has 3 rings (SSSR count). The van der Waals surface area contributed by atoms with Crippen molar-refractivity contribution in [1.82, 2.24) is 9.88 Å². The lowest BCUT2D eigenvalue weighted by molar-refractivity contribution is 0.0779. The third kappa shape index (κ3) is 1.85. The normalized spacial score (nSPS) is 26.4.